The molecule has 1 heterocycles. The number of alkyl halides is 2. The van der Waals surface area contributed by atoms with Crippen LogP contribution in [0.25, 0.3) is 16.7 Å². The van der Waals surface area contributed by atoms with Gasteiger partial charge in [-0.15, -0.1) is 0 Å². The molecule has 0 N–H and O–H groups in total. The molecule has 1 fully saturated rings. The van der Waals surface area contributed by atoms with E-state index in [1.807, 2.05) is 25.1 Å². The van der Waals surface area contributed by atoms with Gasteiger partial charge in [0.15, 0.2) is 12.3 Å². The van der Waals surface area contributed by atoms with Gasteiger partial charge in [0.05, 0.1) is 12.7 Å². The zero-order valence-corrected chi connectivity index (χ0v) is 19.6. The molecule has 2 aromatic carbocycles. The molecule has 0 amide bonds. The normalized spacial score (nSPS) is 25.2. The first-order chi connectivity index (χ1) is 16.5. The minimum absolute atomic E-state index is 0.0101. The topological polar surface area (TPSA) is 18.5 Å². The quantitative estimate of drug-likeness (QED) is 0.304. The highest BCUT2D eigenvalue weighted by atomic mass is 19.2. The highest BCUT2D eigenvalue weighted by molar-refractivity contribution is 5.75. The molecule has 1 saturated heterocycles. The van der Waals surface area contributed by atoms with Gasteiger partial charge in [-0.2, -0.15) is 0 Å². The van der Waals surface area contributed by atoms with Crippen molar-refractivity contribution >= 4 is 5.57 Å². The van der Waals surface area contributed by atoms with Gasteiger partial charge in [0.1, 0.15) is 11.6 Å². The van der Waals surface area contributed by atoms with Crippen LogP contribution in [0.3, 0.4) is 0 Å². The number of hydrogen-bond acceptors (Lipinski definition) is 2. The van der Waals surface area contributed by atoms with Crippen LogP contribution in [0.2, 0.25) is 0 Å². The molecule has 0 spiro atoms. The second-order valence-electron chi connectivity index (χ2n) is 9.02. The van der Waals surface area contributed by atoms with Crippen molar-refractivity contribution in [3.8, 4) is 11.1 Å². The fourth-order valence-corrected chi connectivity index (χ4v) is 4.41. The van der Waals surface area contributed by atoms with Crippen molar-refractivity contribution in [3.05, 3.63) is 89.5 Å². The number of halogens is 3. The molecule has 4 rings (SSSR count). The number of benzene rings is 2. The Morgan fingerprint density at radius 1 is 1.00 bits per heavy atom. The smallest absolute Gasteiger partial charge is 0.192 e. The Kier molecular flexibility index (Phi) is 7.94. The van der Waals surface area contributed by atoms with Crippen LogP contribution in [-0.2, 0) is 9.47 Å². The Morgan fingerprint density at radius 3 is 2.44 bits per heavy atom. The Morgan fingerprint density at radius 2 is 1.76 bits per heavy atom. The van der Waals surface area contributed by atoms with Crippen LogP contribution in [0.1, 0.15) is 50.3 Å². The maximum absolute atomic E-state index is 14.9. The zero-order valence-electron chi connectivity index (χ0n) is 19.6. The highest BCUT2D eigenvalue weighted by Crippen LogP contribution is 2.35. The van der Waals surface area contributed by atoms with Gasteiger partial charge >= 0.3 is 0 Å². The molecule has 4 atom stereocenters. The monoisotopic (exact) mass is 468 g/mol. The summed E-state index contributed by atoms with van der Waals surface area (Å²) in [5, 5.41) is 0. The number of hydrogen-bond donors (Lipinski definition) is 0. The van der Waals surface area contributed by atoms with E-state index in [0.717, 1.165) is 18.4 Å². The first-order valence-corrected chi connectivity index (χ1v) is 11.9. The second-order valence-corrected chi connectivity index (χ2v) is 9.02. The summed E-state index contributed by atoms with van der Waals surface area (Å²) in [5.41, 5.74) is 2.80. The average Bonchev–Trinajstić information content (AvgIpc) is 2.85. The molecule has 0 bridgehead atoms. The number of rotatable bonds is 7. The van der Waals surface area contributed by atoms with E-state index < -0.39 is 12.3 Å². The molecule has 0 saturated carbocycles. The maximum Gasteiger partial charge on any atom is 0.192 e. The van der Waals surface area contributed by atoms with Gasteiger partial charge in [0.2, 0.25) is 0 Å². The lowest BCUT2D eigenvalue weighted by molar-refractivity contribution is -0.0125. The van der Waals surface area contributed by atoms with E-state index in [2.05, 4.69) is 6.92 Å². The first kappa shape index (κ1) is 24.3. The molecule has 0 aromatic heterocycles. The molecule has 2 nitrogen and oxygen atoms in total. The van der Waals surface area contributed by atoms with Gasteiger partial charge in [0, 0.05) is 12.2 Å². The standard InChI is InChI=1S/C29H31F3O2/c1-3-4-5-16-33-27-15-13-24(28(31)29(27)32)21-9-7-20(8-10-21)23-12-11-22(17-25(23)30)26-14-6-19(2)18-34-26/h3-4,7-13,15,17,19,26,28-29H,5-6,14,16,18H2,1-2H3/b4-3-. The molecule has 1 aliphatic carbocycles. The molecule has 5 heteroatoms. The average molecular weight is 469 g/mol. The largest absolute Gasteiger partial charge is 0.494 e. The fraction of sp³-hybridized carbons (Fsp3) is 0.379. The van der Waals surface area contributed by atoms with Crippen molar-refractivity contribution < 1.29 is 22.6 Å². The van der Waals surface area contributed by atoms with Crippen molar-refractivity contribution in [2.45, 2.75) is 51.6 Å². The van der Waals surface area contributed by atoms with Crippen LogP contribution in [0.5, 0.6) is 0 Å². The fourth-order valence-electron chi connectivity index (χ4n) is 4.41. The summed E-state index contributed by atoms with van der Waals surface area (Å²) < 4.78 is 55.6. The number of allylic oxidation sites excluding steroid dienone is 5. The van der Waals surface area contributed by atoms with Crippen molar-refractivity contribution in [2.24, 2.45) is 5.92 Å². The Bertz CT molecular complexity index is 1060. The predicted octanol–water partition coefficient (Wildman–Crippen LogP) is 7.92. The lowest BCUT2D eigenvalue weighted by atomic mass is 9.91. The lowest BCUT2D eigenvalue weighted by Gasteiger charge is -2.27. The third kappa shape index (κ3) is 5.47. The zero-order chi connectivity index (χ0) is 24.1. The second kappa shape index (κ2) is 11.1. The van der Waals surface area contributed by atoms with Crippen molar-refractivity contribution in [1.29, 1.82) is 0 Å². The van der Waals surface area contributed by atoms with E-state index in [4.69, 9.17) is 9.47 Å². The molecule has 180 valence electrons. The summed E-state index contributed by atoms with van der Waals surface area (Å²) in [6.45, 7) is 5.05. The molecule has 0 radical (unpaired) electrons. The third-order valence-corrected chi connectivity index (χ3v) is 6.44. The van der Waals surface area contributed by atoms with E-state index in [1.54, 1.807) is 42.5 Å². The Labute approximate surface area is 199 Å². The Hall–Kier alpha value is -2.79. The van der Waals surface area contributed by atoms with Gasteiger partial charge in [-0.05, 0) is 66.5 Å². The van der Waals surface area contributed by atoms with Gasteiger partial charge in [-0.1, -0.05) is 61.5 Å². The van der Waals surface area contributed by atoms with E-state index >= 15 is 0 Å². The van der Waals surface area contributed by atoms with Crippen LogP contribution in [0, 0.1) is 11.7 Å². The van der Waals surface area contributed by atoms with Gasteiger partial charge in [0.25, 0.3) is 0 Å². The number of ether oxygens (including phenoxy) is 2. The van der Waals surface area contributed by atoms with Crippen LogP contribution < -0.4 is 0 Å². The molecule has 2 aliphatic rings. The molecular formula is C29H31F3O2. The van der Waals surface area contributed by atoms with Gasteiger partial charge < -0.3 is 9.47 Å². The Balaban J connectivity index is 1.47. The highest BCUT2D eigenvalue weighted by Gasteiger charge is 2.32. The van der Waals surface area contributed by atoms with Crippen molar-refractivity contribution in [3.63, 3.8) is 0 Å². The van der Waals surface area contributed by atoms with Crippen molar-refractivity contribution in [1.82, 2.24) is 0 Å². The summed E-state index contributed by atoms with van der Waals surface area (Å²) in [6, 6.07) is 12.1. The van der Waals surface area contributed by atoms with Gasteiger partial charge in [-0.3, -0.25) is 0 Å². The van der Waals surface area contributed by atoms with E-state index in [0.29, 0.717) is 42.2 Å². The summed E-state index contributed by atoms with van der Waals surface area (Å²) in [5.74, 6) is 0.225. The molecule has 4 unspecified atom stereocenters. The minimum atomic E-state index is -1.85. The summed E-state index contributed by atoms with van der Waals surface area (Å²) >= 11 is 0. The molecular weight excluding hydrogens is 437 g/mol. The SMILES string of the molecule is C/C=C\CCOC1=CC=C(c2ccc(-c3ccc(C4CCC(C)CO4)cc3F)cc2)C(F)C1F. The molecule has 34 heavy (non-hydrogen) atoms. The van der Waals surface area contributed by atoms with Crippen LogP contribution in [0.15, 0.2) is 72.5 Å². The van der Waals surface area contributed by atoms with E-state index in [9.17, 15) is 13.2 Å². The molecule has 2 aromatic rings. The van der Waals surface area contributed by atoms with E-state index in [-0.39, 0.29) is 23.3 Å². The van der Waals surface area contributed by atoms with Crippen LogP contribution in [0.4, 0.5) is 13.2 Å². The maximum atomic E-state index is 14.9. The minimum Gasteiger partial charge on any atom is -0.494 e. The predicted molar refractivity (Wildman–Crippen MR) is 130 cm³/mol. The molecule has 1 aliphatic heterocycles. The summed E-state index contributed by atoms with van der Waals surface area (Å²) in [4.78, 5) is 0. The third-order valence-electron chi connectivity index (χ3n) is 6.44. The summed E-state index contributed by atoms with van der Waals surface area (Å²) in [7, 11) is 0. The first-order valence-electron chi connectivity index (χ1n) is 11.9. The van der Waals surface area contributed by atoms with Gasteiger partial charge in [-0.25, -0.2) is 13.2 Å². The summed E-state index contributed by atoms with van der Waals surface area (Å²) in [6.07, 6.45) is 5.71. The van der Waals surface area contributed by atoms with Crippen LogP contribution >= 0.6 is 0 Å². The van der Waals surface area contributed by atoms with Crippen molar-refractivity contribution in [2.75, 3.05) is 13.2 Å². The van der Waals surface area contributed by atoms with E-state index in [1.165, 1.54) is 6.08 Å². The lowest BCUT2D eigenvalue weighted by Crippen LogP contribution is -2.25. The van der Waals surface area contributed by atoms with Crippen LogP contribution in [-0.4, -0.2) is 25.6 Å².